The maximum atomic E-state index is 13.5. The summed E-state index contributed by atoms with van der Waals surface area (Å²) in [6.07, 6.45) is 4.24. The number of hydrogen-bond acceptors (Lipinski definition) is 3. The second kappa shape index (κ2) is 6.09. The van der Waals surface area contributed by atoms with Crippen LogP contribution in [-0.2, 0) is 6.42 Å². The van der Waals surface area contributed by atoms with E-state index in [1.807, 2.05) is 12.1 Å². The monoisotopic (exact) mass is 306 g/mol. The number of hydrogen-bond donors (Lipinski definition) is 2. The van der Waals surface area contributed by atoms with Crippen LogP contribution in [-0.4, -0.2) is 17.5 Å². The lowest BCUT2D eigenvalue weighted by molar-refractivity contribution is 0.567. The van der Waals surface area contributed by atoms with E-state index in [1.54, 1.807) is 12.4 Å². The van der Waals surface area contributed by atoms with Crippen LogP contribution in [0.15, 0.2) is 46.5 Å². The highest BCUT2D eigenvalue weighted by molar-refractivity contribution is 7.98. The number of halogens is 2. The maximum absolute atomic E-state index is 13.5. The van der Waals surface area contributed by atoms with E-state index in [0.29, 0.717) is 23.1 Å². The van der Waals surface area contributed by atoms with Crippen molar-refractivity contribution in [1.29, 1.82) is 0 Å². The van der Waals surface area contributed by atoms with Crippen LogP contribution in [0.25, 0.3) is 0 Å². The highest BCUT2D eigenvalue weighted by Crippen LogP contribution is 2.32. The molecule has 0 atom stereocenters. The summed E-state index contributed by atoms with van der Waals surface area (Å²) in [7, 11) is 0. The van der Waals surface area contributed by atoms with E-state index in [-0.39, 0.29) is 0 Å². The van der Waals surface area contributed by atoms with Crippen LogP contribution in [0.4, 0.5) is 14.5 Å². The summed E-state index contributed by atoms with van der Waals surface area (Å²) in [6.45, 7) is 0.563. The first kappa shape index (κ1) is 13.8. The molecule has 108 valence electrons. The third kappa shape index (κ3) is 3.30. The predicted molar refractivity (Wildman–Crippen MR) is 79.2 cm³/mol. The van der Waals surface area contributed by atoms with Crippen molar-refractivity contribution in [3.05, 3.63) is 53.9 Å². The molecule has 2 N–H and O–H groups in total. The van der Waals surface area contributed by atoms with Crippen molar-refractivity contribution in [3.8, 4) is 0 Å². The number of nitrogens with one attached hydrogen (secondary N) is 2. The first-order chi connectivity index (χ1) is 10.2. The Labute approximate surface area is 124 Å². The van der Waals surface area contributed by atoms with Crippen LogP contribution in [0.5, 0.6) is 0 Å². The van der Waals surface area contributed by atoms with Gasteiger partial charge < -0.3 is 5.32 Å². The third-order valence-corrected chi connectivity index (χ3v) is 3.85. The normalized spacial score (nSPS) is 15.2. The van der Waals surface area contributed by atoms with Crippen LogP contribution >= 0.6 is 11.9 Å². The molecular weight excluding hydrogens is 294 g/mol. The zero-order valence-corrected chi connectivity index (χ0v) is 11.8. The molecule has 0 unspecified atom stereocenters. The summed E-state index contributed by atoms with van der Waals surface area (Å²) in [5.74, 6) is -0.713. The molecule has 0 fully saturated rings. The molecule has 7 heteroatoms. The molecule has 0 amide bonds. The molecule has 0 aliphatic carbocycles. The fourth-order valence-electron chi connectivity index (χ4n) is 1.93. The molecule has 0 bridgehead atoms. The zero-order valence-electron chi connectivity index (χ0n) is 10.9. The van der Waals surface area contributed by atoms with Gasteiger partial charge in [-0.2, -0.15) is 0 Å². The van der Waals surface area contributed by atoms with Crippen molar-refractivity contribution >= 4 is 23.6 Å². The molecule has 0 spiro atoms. The third-order valence-electron chi connectivity index (χ3n) is 2.93. The van der Waals surface area contributed by atoms with Gasteiger partial charge in [-0.3, -0.25) is 14.7 Å². The molecule has 2 aromatic rings. The van der Waals surface area contributed by atoms with Crippen molar-refractivity contribution in [2.75, 3.05) is 11.9 Å². The Morgan fingerprint density at radius 1 is 1.19 bits per heavy atom. The van der Waals surface area contributed by atoms with Crippen LogP contribution in [0.1, 0.15) is 5.56 Å². The molecule has 2 heterocycles. The number of fused-ring (bicyclic) bond motifs is 1. The van der Waals surface area contributed by atoms with Crippen LogP contribution < -0.4 is 10.0 Å². The van der Waals surface area contributed by atoms with E-state index in [1.165, 1.54) is 6.07 Å². The van der Waals surface area contributed by atoms with Gasteiger partial charge in [-0.05, 0) is 42.1 Å². The van der Waals surface area contributed by atoms with Gasteiger partial charge in [0.1, 0.15) is 11.6 Å². The summed E-state index contributed by atoms with van der Waals surface area (Å²) >= 11 is 1.08. The molecule has 1 aromatic carbocycles. The van der Waals surface area contributed by atoms with Gasteiger partial charge in [0.25, 0.3) is 0 Å². The topological polar surface area (TPSA) is 49.3 Å². The van der Waals surface area contributed by atoms with Gasteiger partial charge in [-0.25, -0.2) is 8.78 Å². The quantitative estimate of drug-likeness (QED) is 0.856. The second-order valence-electron chi connectivity index (χ2n) is 4.43. The van der Waals surface area contributed by atoms with Gasteiger partial charge in [0.15, 0.2) is 0 Å². The van der Waals surface area contributed by atoms with Crippen molar-refractivity contribution in [3.63, 3.8) is 0 Å². The Hall–Kier alpha value is -2.15. The molecule has 0 radical (unpaired) electrons. The van der Waals surface area contributed by atoms with Crippen LogP contribution in [0, 0.1) is 11.6 Å². The summed E-state index contributed by atoms with van der Waals surface area (Å²) in [6, 6.07) is 5.97. The average molecular weight is 306 g/mol. The van der Waals surface area contributed by atoms with Gasteiger partial charge in [0.2, 0.25) is 5.96 Å². The van der Waals surface area contributed by atoms with E-state index in [9.17, 15) is 8.78 Å². The molecule has 3 rings (SSSR count). The van der Waals surface area contributed by atoms with Crippen LogP contribution in [0.2, 0.25) is 0 Å². The summed E-state index contributed by atoms with van der Waals surface area (Å²) in [4.78, 5) is 8.63. The maximum Gasteiger partial charge on any atom is 0.206 e. The molecular formula is C14H12F2N4S. The van der Waals surface area contributed by atoms with Crippen molar-refractivity contribution in [2.24, 2.45) is 4.99 Å². The summed E-state index contributed by atoms with van der Waals surface area (Å²) < 4.78 is 29.6. The van der Waals surface area contributed by atoms with Crippen molar-refractivity contribution < 1.29 is 8.78 Å². The minimum Gasteiger partial charge on any atom is -0.324 e. The number of rotatable bonds is 3. The van der Waals surface area contributed by atoms with Crippen molar-refractivity contribution in [2.45, 2.75) is 11.3 Å². The molecule has 21 heavy (non-hydrogen) atoms. The fraction of sp³-hybridized carbons (Fsp3) is 0.143. The molecule has 0 saturated carbocycles. The smallest absolute Gasteiger partial charge is 0.206 e. The van der Waals surface area contributed by atoms with Gasteiger partial charge in [-0.1, -0.05) is 0 Å². The molecule has 1 aromatic heterocycles. The number of pyridine rings is 1. The van der Waals surface area contributed by atoms with Gasteiger partial charge in [0.05, 0.1) is 10.6 Å². The fourth-order valence-corrected chi connectivity index (χ4v) is 2.62. The predicted octanol–water partition coefficient (Wildman–Crippen LogP) is 2.98. The van der Waals surface area contributed by atoms with E-state index < -0.39 is 11.6 Å². The number of aromatic nitrogens is 1. The molecule has 1 aliphatic rings. The summed E-state index contributed by atoms with van der Waals surface area (Å²) in [5.41, 5.74) is 1.52. The Balaban J connectivity index is 1.67. The first-order valence-corrected chi connectivity index (χ1v) is 7.16. The Morgan fingerprint density at radius 2 is 2.00 bits per heavy atom. The number of nitrogens with zero attached hydrogens (tertiary/aromatic N) is 2. The number of guanidine groups is 1. The van der Waals surface area contributed by atoms with Crippen LogP contribution in [0.3, 0.4) is 0 Å². The first-order valence-electron chi connectivity index (χ1n) is 6.34. The second-order valence-corrected chi connectivity index (χ2v) is 5.25. The van der Waals surface area contributed by atoms with Crippen molar-refractivity contribution in [1.82, 2.24) is 9.71 Å². The van der Waals surface area contributed by atoms with Gasteiger partial charge in [0, 0.05) is 25.0 Å². The molecule has 1 aliphatic heterocycles. The van der Waals surface area contributed by atoms with E-state index in [0.717, 1.165) is 30.0 Å². The Bertz CT molecular complexity index is 676. The number of aliphatic imine (C=N–C) groups is 1. The molecule has 4 nitrogen and oxygen atoms in total. The highest BCUT2D eigenvalue weighted by atomic mass is 32.2. The lowest BCUT2D eigenvalue weighted by atomic mass is 10.2. The lowest BCUT2D eigenvalue weighted by Crippen LogP contribution is -2.30. The number of anilines is 1. The molecule has 0 saturated heterocycles. The van der Waals surface area contributed by atoms with E-state index >= 15 is 0 Å². The summed E-state index contributed by atoms with van der Waals surface area (Å²) in [5, 5.41) is 2.89. The van der Waals surface area contributed by atoms with E-state index in [2.05, 4.69) is 20.0 Å². The largest absolute Gasteiger partial charge is 0.324 e. The lowest BCUT2D eigenvalue weighted by Gasteiger charge is -2.20. The number of benzene rings is 1. The minimum absolute atomic E-state index is 0.337. The SMILES string of the molecule is Fc1cc(F)c2c(c1)NC(=NCCc1ccncc1)NS2. The van der Waals surface area contributed by atoms with E-state index in [4.69, 9.17) is 0 Å². The average Bonchev–Trinajstić information content (AvgIpc) is 2.48. The Kier molecular flexibility index (Phi) is 4.01. The van der Waals surface area contributed by atoms with Gasteiger partial charge >= 0.3 is 0 Å². The zero-order chi connectivity index (χ0) is 14.7. The Morgan fingerprint density at radius 3 is 2.81 bits per heavy atom. The highest BCUT2D eigenvalue weighted by Gasteiger charge is 2.18. The minimum atomic E-state index is -0.614. The standard InChI is InChI=1S/C14H12F2N4S/c15-10-7-11(16)13-12(8-10)19-14(20-21-13)18-6-3-9-1-4-17-5-2-9/h1-2,4-5,7-8H,3,6H2,(H2,18,19,20). The van der Waals surface area contributed by atoms with Gasteiger partial charge in [-0.15, -0.1) is 0 Å².